The van der Waals surface area contributed by atoms with Crippen LogP contribution in [0.3, 0.4) is 0 Å². The van der Waals surface area contributed by atoms with Crippen molar-refractivity contribution in [3.8, 4) is 5.75 Å². The molecule has 2 aromatic carbocycles. The number of rotatable bonds is 6. The van der Waals surface area contributed by atoms with Gasteiger partial charge in [0.05, 0.1) is 21.4 Å². The van der Waals surface area contributed by atoms with Crippen molar-refractivity contribution in [2.75, 3.05) is 5.43 Å². The first kappa shape index (κ1) is 16.7. The highest BCUT2D eigenvalue weighted by molar-refractivity contribution is 7.22. The summed E-state index contributed by atoms with van der Waals surface area (Å²) in [5.41, 5.74) is 3.25. The van der Waals surface area contributed by atoms with Crippen molar-refractivity contribution in [3.63, 3.8) is 0 Å². The summed E-state index contributed by atoms with van der Waals surface area (Å²) < 4.78 is 30.2. The molecule has 0 aliphatic rings. The molecule has 7 nitrogen and oxygen atoms in total. The first-order chi connectivity index (χ1) is 12.0. The zero-order valence-corrected chi connectivity index (χ0v) is 13.2. The number of hydrogen-bond acceptors (Lipinski definition) is 7. The normalized spacial score (nSPS) is 11.3. The maximum Gasteiger partial charge on any atom is 0.387 e. The lowest BCUT2D eigenvalue weighted by Crippen LogP contribution is -2.05. The SMILES string of the molecule is O=[N+]([O-])c1ccc(OC(F)F)c(/C=N\Nc2nc3ccccc3s2)c1. The van der Waals surface area contributed by atoms with Gasteiger partial charge in [-0.1, -0.05) is 23.5 Å². The van der Waals surface area contributed by atoms with Gasteiger partial charge in [-0.25, -0.2) is 4.98 Å². The number of non-ortho nitro benzene ring substituents is 1. The summed E-state index contributed by atoms with van der Waals surface area (Å²) in [6.07, 6.45) is 1.16. The van der Waals surface area contributed by atoms with E-state index in [1.165, 1.54) is 11.3 Å². The van der Waals surface area contributed by atoms with Crippen LogP contribution in [0.4, 0.5) is 19.6 Å². The lowest BCUT2D eigenvalue weighted by Gasteiger charge is -2.07. The van der Waals surface area contributed by atoms with Gasteiger partial charge in [-0.3, -0.25) is 15.5 Å². The molecular formula is C15H10F2N4O3S. The van der Waals surface area contributed by atoms with Crippen LogP contribution in [0.5, 0.6) is 5.75 Å². The number of halogens is 2. The predicted octanol–water partition coefficient (Wildman–Crippen LogP) is 4.25. The second-order valence-corrected chi connectivity index (χ2v) is 5.75. The van der Waals surface area contributed by atoms with Gasteiger partial charge < -0.3 is 4.74 Å². The Morgan fingerprint density at radius 3 is 2.84 bits per heavy atom. The van der Waals surface area contributed by atoms with Crippen LogP contribution in [0, 0.1) is 10.1 Å². The summed E-state index contributed by atoms with van der Waals surface area (Å²) in [6.45, 7) is -3.05. The average Bonchev–Trinajstić information content (AvgIpc) is 2.98. The van der Waals surface area contributed by atoms with E-state index in [2.05, 4.69) is 20.2 Å². The van der Waals surface area contributed by atoms with Crippen LogP contribution in [0.2, 0.25) is 0 Å². The third kappa shape index (κ3) is 4.04. The Morgan fingerprint density at radius 1 is 1.32 bits per heavy atom. The van der Waals surface area contributed by atoms with E-state index in [0.29, 0.717) is 5.13 Å². The number of nitrogens with one attached hydrogen (secondary N) is 1. The second-order valence-electron chi connectivity index (χ2n) is 4.71. The monoisotopic (exact) mass is 364 g/mol. The number of hydrazone groups is 1. The molecule has 0 saturated heterocycles. The molecule has 1 N–H and O–H groups in total. The Balaban J connectivity index is 1.83. The Bertz CT molecular complexity index is 912. The molecule has 0 spiro atoms. The molecule has 25 heavy (non-hydrogen) atoms. The third-order valence-corrected chi connectivity index (χ3v) is 4.02. The van der Waals surface area contributed by atoms with E-state index in [1.807, 2.05) is 24.3 Å². The van der Waals surface area contributed by atoms with E-state index in [1.54, 1.807) is 0 Å². The quantitative estimate of drug-likeness (QED) is 0.401. The molecule has 0 radical (unpaired) electrons. The van der Waals surface area contributed by atoms with Gasteiger partial charge in [-0.15, -0.1) is 0 Å². The molecule has 1 heterocycles. The number of benzene rings is 2. The Labute approximate surface area is 143 Å². The zero-order valence-electron chi connectivity index (χ0n) is 12.4. The molecule has 0 bridgehead atoms. The second kappa shape index (κ2) is 7.18. The van der Waals surface area contributed by atoms with Crippen molar-refractivity contribution < 1.29 is 18.4 Å². The van der Waals surface area contributed by atoms with E-state index in [9.17, 15) is 18.9 Å². The van der Waals surface area contributed by atoms with Gasteiger partial charge in [-0.2, -0.15) is 13.9 Å². The molecule has 1 aromatic heterocycles. The maximum absolute atomic E-state index is 12.4. The number of aromatic nitrogens is 1. The van der Waals surface area contributed by atoms with E-state index in [0.717, 1.165) is 34.6 Å². The van der Waals surface area contributed by atoms with Gasteiger partial charge in [-0.05, 0) is 18.2 Å². The summed E-state index contributed by atoms with van der Waals surface area (Å²) >= 11 is 1.36. The van der Waals surface area contributed by atoms with Gasteiger partial charge in [0.2, 0.25) is 5.13 Å². The third-order valence-electron chi connectivity index (χ3n) is 3.08. The minimum atomic E-state index is -3.05. The Kier molecular flexibility index (Phi) is 4.80. The number of fused-ring (bicyclic) bond motifs is 1. The summed E-state index contributed by atoms with van der Waals surface area (Å²) in [5, 5.41) is 15.2. The van der Waals surface area contributed by atoms with Gasteiger partial charge in [0.15, 0.2) is 0 Å². The lowest BCUT2D eigenvalue weighted by molar-refractivity contribution is -0.384. The van der Waals surface area contributed by atoms with Crippen LogP contribution in [0.1, 0.15) is 5.56 Å². The number of para-hydroxylation sites is 1. The smallest absolute Gasteiger partial charge is 0.387 e. The highest BCUT2D eigenvalue weighted by Gasteiger charge is 2.14. The number of hydrogen-bond donors (Lipinski definition) is 1. The summed E-state index contributed by atoms with van der Waals surface area (Å²) in [4.78, 5) is 14.5. The number of thiazole rings is 1. The van der Waals surface area contributed by atoms with Crippen molar-refractivity contribution in [1.29, 1.82) is 0 Å². The molecule has 0 unspecified atom stereocenters. The summed E-state index contributed by atoms with van der Waals surface area (Å²) in [7, 11) is 0. The fourth-order valence-electron chi connectivity index (χ4n) is 2.03. The van der Waals surface area contributed by atoms with Crippen molar-refractivity contribution in [3.05, 3.63) is 58.1 Å². The Morgan fingerprint density at radius 2 is 2.12 bits per heavy atom. The number of nitro benzene ring substituents is 1. The van der Waals surface area contributed by atoms with Gasteiger partial charge in [0.1, 0.15) is 5.75 Å². The van der Waals surface area contributed by atoms with E-state index >= 15 is 0 Å². The standard InChI is InChI=1S/C15H10F2N4O3S/c16-14(17)24-12-6-5-10(21(22)23)7-9(12)8-18-20-15-19-11-3-1-2-4-13(11)25-15/h1-8,14H,(H,19,20)/b18-8-. The number of ether oxygens (including phenoxy) is 1. The molecule has 0 aliphatic carbocycles. The number of nitro groups is 1. The molecular weight excluding hydrogens is 354 g/mol. The molecule has 3 rings (SSSR count). The van der Waals surface area contributed by atoms with Crippen LogP contribution < -0.4 is 10.2 Å². The molecule has 0 fully saturated rings. The minimum absolute atomic E-state index is 0.0445. The molecule has 3 aromatic rings. The topological polar surface area (TPSA) is 89.7 Å². The van der Waals surface area contributed by atoms with Gasteiger partial charge in [0.25, 0.3) is 5.69 Å². The predicted molar refractivity (Wildman–Crippen MR) is 90.6 cm³/mol. The summed E-state index contributed by atoms with van der Waals surface area (Å²) in [6, 6.07) is 10.8. The largest absolute Gasteiger partial charge is 0.434 e. The van der Waals surface area contributed by atoms with Crippen molar-refractivity contribution >= 4 is 38.6 Å². The molecule has 0 saturated carbocycles. The van der Waals surface area contributed by atoms with Crippen LogP contribution in [-0.2, 0) is 0 Å². The first-order valence-electron chi connectivity index (χ1n) is 6.91. The molecule has 0 aliphatic heterocycles. The highest BCUT2D eigenvalue weighted by atomic mass is 32.1. The lowest BCUT2D eigenvalue weighted by atomic mass is 10.2. The highest BCUT2D eigenvalue weighted by Crippen LogP contribution is 2.26. The van der Waals surface area contributed by atoms with Crippen LogP contribution in [-0.4, -0.2) is 22.7 Å². The van der Waals surface area contributed by atoms with E-state index in [4.69, 9.17) is 0 Å². The van der Waals surface area contributed by atoms with E-state index in [-0.39, 0.29) is 17.0 Å². The fourth-order valence-corrected chi connectivity index (χ4v) is 2.85. The molecule has 128 valence electrons. The Hall–Kier alpha value is -3.14. The molecule has 0 amide bonds. The minimum Gasteiger partial charge on any atom is -0.434 e. The molecule has 10 heteroatoms. The summed E-state index contributed by atoms with van der Waals surface area (Å²) in [5.74, 6) is -0.213. The average molecular weight is 364 g/mol. The van der Waals surface area contributed by atoms with E-state index < -0.39 is 11.5 Å². The first-order valence-corrected chi connectivity index (χ1v) is 7.72. The maximum atomic E-state index is 12.4. The number of anilines is 1. The van der Waals surface area contributed by atoms with Crippen LogP contribution in [0.15, 0.2) is 47.6 Å². The fraction of sp³-hybridized carbons (Fsp3) is 0.0667. The number of alkyl halides is 2. The van der Waals surface area contributed by atoms with Crippen LogP contribution >= 0.6 is 11.3 Å². The number of nitrogens with zero attached hydrogens (tertiary/aromatic N) is 3. The van der Waals surface area contributed by atoms with Crippen molar-refractivity contribution in [1.82, 2.24) is 4.98 Å². The van der Waals surface area contributed by atoms with Crippen molar-refractivity contribution in [2.45, 2.75) is 6.61 Å². The van der Waals surface area contributed by atoms with Crippen LogP contribution in [0.25, 0.3) is 10.2 Å². The molecule has 0 atom stereocenters. The van der Waals surface area contributed by atoms with Crippen molar-refractivity contribution in [2.24, 2.45) is 5.10 Å². The van der Waals surface area contributed by atoms with Gasteiger partial charge >= 0.3 is 6.61 Å². The van der Waals surface area contributed by atoms with Gasteiger partial charge in [0, 0.05) is 17.7 Å². The zero-order chi connectivity index (χ0) is 17.8.